The SMILES string of the molecule is Cc1ccc(F)c(S(=O)(=O)N(C)C(C)(C)C(=O)O)c1. The van der Waals surface area contributed by atoms with Gasteiger partial charge in [0.2, 0.25) is 10.0 Å². The van der Waals surface area contributed by atoms with Crippen LogP contribution in [-0.2, 0) is 14.8 Å². The van der Waals surface area contributed by atoms with Gasteiger partial charge in [-0.1, -0.05) is 6.07 Å². The van der Waals surface area contributed by atoms with Crippen molar-refractivity contribution in [1.29, 1.82) is 0 Å². The number of halogens is 1. The van der Waals surface area contributed by atoms with E-state index < -0.39 is 32.2 Å². The average molecular weight is 289 g/mol. The molecule has 0 fully saturated rings. The molecule has 0 saturated carbocycles. The highest BCUT2D eigenvalue weighted by Gasteiger charge is 2.41. The molecule has 0 amide bonds. The van der Waals surface area contributed by atoms with Crippen molar-refractivity contribution in [3.05, 3.63) is 29.6 Å². The molecule has 0 spiro atoms. The van der Waals surface area contributed by atoms with E-state index in [0.29, 0.717) is 9.87 Å². The second-order valence-electron chi connectivity index (χ2n) is 4.77. The molecule has 0 aliphatic heterocycles. The summed E-state index contributed by atoms with van der Waals surface area (Å²) in [5.74, 6) is -2.22. The van der Waals surface area contributed by atoms with E-state index in [1.54, 1.807) is 6.92 Å². The third kappa shape index (κ3) is 2.76. The van der Waals surface area contributed by atoms with Crippen LogP contribution in [0.5, 0.6) is 0 Å². The van der Waals surface area contributed by atoms with Crippen LogP contribution in [0.25, 0.3) is 0 Å². The smallest absolute Gasteiger partial charge is 0.324 e. The van der Waals surface area contributed by atoms with Crippen LogP contribution >= 0.6 is 0 Å². The number of nitrogens with zero attached hydrogens (tertiary/aromatic N) is 1. The second-order valence-corrected chi connectivity index (χ2v) is 6.71. The van der Waals surface area contributed by atoms with Gasteiger partial charge in [-0.05, 0) is 38.5 Å². The highest BCUT2D eigenvalue weighted by molar-refractivity contribution is 7.89. The molecule has 0 radical (unpaired) electrons. The van der Waals surface area contributed by atoms with Gasteiger partial charge in [-0.25, -0.2) is 12.8 Å². The van der Waals surface area contributed by atoms with Crippen molar-refractivity contribution < 1.29 is 22.7 Å². The molecule has 0 saturated heterocycles. The van der Waals surface area contributed by atoms with Crippen molar-refractivity contribution in [2.75, 3.05) is 7.05 Å². The van der Waals surface area contributed by atoms with Gasteiger partial charge in [0.1, 0.15) is 16.3 Å². The fourth-order valence-corrected chi connectivity index (χ4v) is 3.01. The van der Waals surface area contributed by atoms with Crippen molar-refractivity contribution >= 4 is 16.0 Å². The largest absolute Gasteiger partial charge is 0.480 e. The summed E-state index contributed by atoms with van der Waals surface area (Å²) in [6.07, 6.45) is 0. The molecule has 0 atom stereocenters. The number of hydrogen-bond acceptors (Lipinski definition) is 3. The molecule has 5 nitrogen and oxygen atoms in total. The fourth-order valence-electron chi connectivity index (χ4n) is 1.39. The first-order chi connectivity index (χ1) is 8.51. The number of carbonyl (C=O) groups is 1. The van der Waals surface area contributed by atoms with E-state index >= 15 is 0 Å². The number of benzene rings is 1. The number of rotatable bonds is 4. The summed E-state index contributed by atoms with van der Waals surface area (Å²) in [5, 5.41) is 9.05. The number of carboxylic acid groups (broad SMARTS) is 1. The average Bonchev–Trinajstić information content (AvgIpc) is 2.30. The summed E-state index contributed by atoms with van der Waals surface area (Å²) in [6.45, 7) is 4.10. The number of carboxylic acids is 1. The van der Waals surface area contributed by atoms with Crippen molar-refractivity contribution in [3.63, 3.8) is 0 Å². The lowest BCUT2D eigenvalue weighted by molar-refractivity contribution is -0.145. The minimum absolute atomic E-state index is 0.524. The van der Waals surface area contributed by atoms with Gasteiger partial charge in [-0.2, -0.15) is 4.31 Å². The van der Waals surface area contributed by atoms with Crippen LogP contribution in [0.1, 0.15) is 19.4 Å². The standard InChI is InChI=1S/C12H16FNO4S/c1-8-5-6-9(13)10(7-8)19(17,18)14(4)12(2,3)11(15)16/h5-7H,1-4H3,(H,15,16). The van der Waals surface area contributed by atoms with Gasteiger partial charge in [-0.3, -0.25) is 4.79 Å². The lowest BCUT2D eigenvalue weighted by atomic mass is 10.1. The molecule has 1 aromatic rings. The summed E-state index contributed by atoms with van der Waals surface area (Å²) in [7, 11) is -3.10. The zero-order valence-electron chi connectivity index (χ0n) is 11.1. The van der Waals surface area contributed by atoms with E-state index in [0.717, 1.165) is 13.1 Å². The Labute approximate surface area is 111 Å². The number of hydrogen-bond donors (Lipinski definition) is 1. The topological polar surface area (TPSA) is 74.7 Å². The van der Waals surface area contributed by atoms with E-state index in [1.807, 2.05) is 0 Å². The van der Waals surface area contributed by atoms with Crippen LogP contribution in [0.2, 0.25) is 0 Å². The van der Waals surface area contributed by atoms with Crippen molar-refractivity contribution in [2.45, 2.75) is 31.2 Å². The Balaban J connectivity index is 3.40. The first-order valence-corrected chi connectivity index (χ1v) is 6.94. The van der Waals surface area contributed by atoms with E-state index in [2.05, 4.69) is 0 Å². The molecule has 0 unspecified atom stereocenters. The van der Waals surface area contributed by atoms with Crippen molar-refractivity contribution in [1.82, 2.24) is 4.31 Å². The molecule has 106 valence electrons. The quantitative estimate of drug-likeness (QED) is 0.914. The van der Waals surface area contributed by atoms with Gasteiger partial charge in [0.15, 0.2) is 0 Å². The summed E-state index contributed by atoms with van der Waals surface area (Å²) < 4.78 is 38.9. The molecule has 0 aromatic heterocycles. The predicted molar refractivity (Wildman–Crippen MR) is 67.8 cm³/mol. The Kier molecular flexibility index (Phi) is 4.02. The highest BCUT2D eigenvalue weighted by atomic mass is 32.2. The van der Waals surface area contributed by atoms with Gasteiger partial charge >= 0.3 is 5.97 Å². The molecule has 1 N–H and O–H groups in total. The van der Waals surface area contributed by atoms with E-state index in [-0.39, 0.29) is 0 Å². The van der Waals surface area contributed by atoms with Crippen LogP contribution in [0, 0.1) is 12.7 Å². The van der Waals surface area contributed by atoms with Gasteiger partial charge < -0.3 is 5.11 Å². The van der Waals surface area contributed by atoms with Crippen LogP contribution in [0.4, 0.5) is 4.39 Å². The molecular weight excluding hydrogens is 273 g/mol. The molecule has 0 heterocycles. The molecule has 1 aromatic carbocycles. The van der Waals surface area contributed by atoms with Crippen molar-refractivity contribution in [2.24, 2.45) is 0 Å². The minimum Gasteiger partial charge on any atom is -0.480 e. The molecule has 0 aliphatic rings. The molecule has 7 heteroatoms. The summed E-state index contributed by atoms with van der Waals surface area (Å²) in [5.41, 5.74) is -1.10. The second kappa shape index (κ2) is 4.90. The minimum atomic E-state index is -4.22. The van der Waals surface area contributed by atoms with Crippen molar-refractivity contribution in [3.8, 4) is 0 Å². The number of aryl methyl sites for hydroxylation is 1. The summed E-state index contributed by atoms with van der Waals surface area (Å²) in [4.78, 5) is 10.6. The Morgan fingerprint density at radius 2 is 1.89 bits per heavy atom. The van der Waals surface area contributed by atoms with Crippen LogP contribution in [0.15, 0.2) is 23.1 Å². The fraction of sp³-hybridized carbons (Fsp3) is 0.417. The summed E-state index contributed by atoms with van der Waals surface area (Å²) >= 11 is 0. The maximum atomic E-state index is 13.7. The molecule has 0 bridgehead atoms. The summed E-state index contributed by atoms with van der Waals surface area (Å²) in [6, 6.07) is 3.67. The molecule has 19 heavy (non-hydrogen) atoms. The zero-order valence-corrected chi connectivity index (χ0v) is 12.0. The molecule has 1 rings (SSSR count). The number of sulfonamides is 1. The number of likely N-dealkylation sites (N-methyl/N-ethyl adjacent to an activating group) is 1. The Hall–Kier alpha value is -1.47. The Morgan fingerprint density at radius 3 is 2.37 bits per heavy atom. The third-order valence-corrected chi connectivity index (χ3v) is 5.08. The lowest BCUT2D eigenvalue weighted by Crippen LogP contribution is -2.50. The lowest BCUT2D eigenvalue weighted by Gasteiger charge is -2.30. The molecular formula is C12H16FNO4S. The third-order valence-electron chi connectivity index (χ3n) is 3.04. The monoisotopic (exact) mass is 289 g/mol. The van der Waals surface area contributed by atoms with Gasteiger partial charge in [-0.15, -0.1) is 0 Å². The maximum Gasteiger partial charge on any atom is 0.324 e. The highest BCUT2D eigenvalue weighted by Crippen LogP contribution is 2.25. The first-order valence-electron chi connectivity index (χ1n) is 5.50. The van der Waals surface area contributed by atoms with Crippen LogP contribution in [-0.4, -0.2) is 36.4 Å². The van der Waals surface area contributed by atoms with E-state index in [9.17, 15) is 17.6 Å². The maximum absolute atomic E-state index is 13.7. The van der Waals surface area contributed by atoms with Crippen LogP contribution in [0.3, 0.4) is 0 Å². The van der Waals surface area contributed by atoms with Gasteiger partial charge in [0, 0.05) is 7.05 Å². The molecule has 0 aliphatic carbocycles. The van der Waals surface area contributed by atoms with E-state index in [1.165, 1.54) is 26.0 Å². The Bertz CT molecular complexity index is 610. The zero-order chi connectivity index (χ0) is 15.0. The van der Waals surface area contributed by atoms with Gasteiger partial charge in [0.05, 0.1) is 0 Å². The van der Waals surface area contributed by atoms with E-state index in [4.69, 9.17) is 5.11 Å². The predicted octanol–water partition coefficient (Wildman–Crippen LogP) is 1.62. The normalized spacial score (nSPS) is 12.7. The first kappa shape index (κ1) is 15.6. The van der Waals surface area contributed by atoms with Crippen LogP contribution < -0.4 is 0 Å². The Morgan fingerprint density at radius 1 is 1.37 bits per heavy atom. The van der Waals surface area contributed by atoms with Gasteiger partial charge in [0.25, 0.3) is 0 Å². The number of aliphatic carboxylic acids is 1.